The second-order valence-corrected chi connectivity index (χ2v) is 9.72. The number of unbranched alkanes of at least 4 members (excludes halogenated alkanes) is 2. The first kappa shape index (κ1) is 28.0. The summed E-state index contributed by atoms with van der Waals surface area (Å²) in [7, 11) is 0. The van der Waals surface area contributed by atoms with Crippen molar-refractivity contribution in [2.24, 2.45) is 5.92 Å². The average molecular weight is 474 g/mol. The first-order chi connectivity index (χ1) is 15.5. The average Bonchev–Trinajstić information content (AvgIpc) is 3.29. The number of hydrogen-bond acceptors (Lipinski definition) is 9. The summed E-state index contributed by atoms with van der Waals surface area (Å²) < 4.78 is 33.4. The third-order valence-corrected chi connectivity index (χ3v) is 5.62. The van der Waals surface area contributed by atoms with E-state index in [1.54, 1.807) is 0 Å². The molecule has 33 heavy (non-hydrogen) atoms. The van der Waals surface area contributed by atoms with Crippen molar-refractivity contribution < 1.29 is 38.0 Å². The van der Waals surface area contributed by atoms with Crippen molar-refractivity contribution in [3.8, 4) is 0 Å². The van der Waals surface area contributed by atoms with Crippen LogP contribution in [0.4, 0.5) is 0 Å². The second kappa shape index (κ2) is 13.0. The van der Waals surface area contributed by atoms with Crippen LogP contribution in [0.3, 0.4) is 0 Å². The van der Waals surface area contributed by atoms with E-state index in [0.29, 0.717) is 13.2 Å². The highest BCUT2D eigenvalue weighted by molar-refractivity contribution is 5.95. The van der Waals surface area contributed by atoms with Crippen LogP contribution in [0, 0.1) is 5.92 Å². The predicted molar refractivity (Wildman–Crippen MR) is 121 cm³/mol. The molecule has 2 saturated heterocycles. The highest BCUT2D eigenvalue weighted by Crippen LogP contribution is 2.24. The largest absolute Gasteiger partial charge is 0.462 e. The zero-order valence-corrected chi connectivity index (χ0v) is 21.2. The highest BCUT2D eigenvalue weighted by atomic mass is 16.8. The molecule has 0 aliphatic carbocycles. The van der Waals surface area contributed by atoms with Gasteiger partial charge >= 0.3 is 11.9 Å². The number of rotatable bonds is 14. The fourth-order valence-corrected chi connectivity index (χ4v) is 3.80. The van der Waals surface area contributed by atoms with Crippen molar-refractivity contribution in [2.45, 2.75) is 91.0 Å². The van der Waals surface area contributed by atoms with E-state index in [4.69, 9.17) is 28.4 Å². The van der Waals surface area contributed by atoms with Crippen LogP contribution in [0.15, 0.2) is 0 Å². The van der Waals surface area contributed by atoms with Crippen LogP contribution in [-0.4, -0.2) is 86.7 Å². The Morgan fingerprint density at radius 2 is 1.27 bits per heavy atom. The molecule has 0 N–H and O–H groups in total. The molecule has 0 spiro atoms. The van der Waals surface area contributed by atoms with Gasteiger partial charge in [-0.05, 0) is 53.6 Å². The molecule has 0 aromatic rings. The fraction of sp³-hybridized carbons (Fsp3) is 0.917. The summed E-state index contributed by atoms with van der Waals surface area (Å²) >= 11 is 0. The van der Waals surface area contributed by atoms with Crippen molar-refractivity contribution in [3.63, 3.8) is 0 Å². The molecule has 0 radical (unpaired) electrons. The molecule has 9 nitrogen and oxygen atoms in total. The summed E-state index contributed by atoms with van der Waals surface area (Å²) in [6, 6.07) is 0. The summed E-state index contributed by atoms with van der Waals surface area (Å²) in [5.41, 5.74) is 0. The SMILES string of the molecule is CCCCN(CCCC)CC(C(=O)OCC1COC(C)(C)O1)C(=O)OCC1COC(C)(C)O1. The first-order valence-electron chi connectivity index (χ1n) is 12.2. The van der Waals surface area contributed by atoms with E-state index in [1.165, 1.54) is 0 Å². The van der Waals surface area contributed by atoms with Gasteiger partial charge in [-0.25, -0.2) is 0 Å². The van der Waals surface area contributed by atoms with Gasteiger partial charge in [0.05, 0.1) is 13.2 Å². The molecule has 0 aromatic carbocycles. The molecular formula is C24H43NO8. The van der Waals surface area contributed by atoms with Crippen molar-refractivity contribution in [3.05, 3.63) is 0 Å². The second-order valence-electron chi connectivity index (χ2n) is 9.72. The molecule has 2 aliphatic rings. The molecule has 2 atom stereocenters. The minimum absolute atomic E-state index is 0.0315. The molecule has 2 aliphatic heterocycles. The molecule has 192 valence electrons. The van der Waals surface area contributed by atoms with Crippen LogP contribution in [0.2, 0.25) is 0 Å². The Balaban J connectivity index is 1.98. The lowest BCUT2D eigenvalue weighted by atomic mass is 10.1. The Hall–Kier alpha value is -1.26. The lowest BCUT2D eigenvalue weighted by Crippen LogP contribution is -2.41. The molecule has 2 heterocycles. The molecular weight excluding hydrogens is 430 g/mol. The Kier molecular flexibility index (Phi) is 11.0. The van der Waals surface area contributed by atoms with Gasteiger partial charge in [-0.3, -0.25) is 9.59 Å². The highest BCUT2D eigenvalue weighted by Gasteiger charge is 2.38. The summed E-state index contributed by atoms with van der Waals surface area (Å²) in [4.78, 5) is 28.1. The summed E-state index contributed by atoms with van der Waals surface area (Å²) in [5, 5.41) is 0. The number of nitrogens with zero attached hydrogens (tertiary/aromatic N) is 1. The smallest absolute Gasteiger partial charge is 0.321 e. The predicted octanol–water partition coefficient (Wildman–Crippen LogP) is 2.89. The monoisotopic (exact) mass is 473 g/mol. The normalized spacial score (nSPS) is 24.7. The number of ether oxygens (including phenoxy) is 6. The maximum Gasteiger partial charge on any atom is 0.321 e. The Labute approximate surface area is 198 Å². The minimum Gasteiger partial charge on any atom is -0.462 e. The van der Waals surface area contributed by atoms with Crippen LogP contribution in [0.5, 0.6) is 0 Å². The molecule has 2 unspecified atom stereocenters. The third-order valence-electron chi connectivity index (χ3n) is 5.62. The van der Waals surface area contributed by atoms with Crippen molar-refractivity contribution >= 4 is 11.9 Å². The van der Waals surface area contributed by atoms with E-state index in [0.717, 1.165) is 38.8 Å². The van der Waals surface area contributed by atoms with Crippen molar-refractivity contribution in [1.29, 1.82) is 0 Å². The molecule has 0 saturated carbocycles. The van der Waals surface area contributed by atoms with Crippen LogP contribution in [-0.2, 0) is 38.0 Å². The summed E-state index contributed by atoms with van der Waals surface area (Å²) in [6.45, 7) is 14.1. The van der Waals surface area contributed by atoms with Crippen LogP contribution < -0.4 is 0 Å². The molecule has 2 fully saturated rings. The van der Waals surface area contributed by atoms with Crippen molar-refractivity contribution in [1.82, 2.24) is 4.90 Å². The van der Waals surface area contributed by atoms with Crippen LogP contribution >= 0.6 is 0 Å². The van der Waals surface area contributed by atoms with E-state index in [1.807, 2.05) is 27.7 Å². The van der Waals surface area contributed by atoms with E-state index < -0.39 is 29.4 Å². The quantitative estimate of drug-likeness (QED) is 0.279. The number of esters is 2. The molecule has 0 bridgehead atoms. The fourth-order valence-electron chi connectivity index (χ4n) is 3.80. The Morgan fingerprint density at radius 3 is 1.61 bits per heavy atom. The van der Waals surface area contributed by atoms with Gasteiger partial charge in [0.15, 0.2) is 17.5 Å². The number of carbonyl (C=O) groups is 2. The van der Waals surface area contributed by atoms with Gasteiger partial charge in [0.25, 0.3) is 0 Å². The summed E-state index contributed by atoms with van der Waals surface area (Å²) in [5.74, 6) is -3.65. The number of hydrogen-bond donors (Lipinski definition) is 0. The zero-order valence-electron chi connectivity index (χ0n) is 21.2. The van der Waals surface area contributed by atoms with Crippen LogP contribution in [0.25, 0.3) is 0 Å². The van der Waals surface area contributed by atoms with Gasteiger partial charge in [-0.15, -0.1) is 0 Å². The molecule has 0 aromatic heterocycles. The van der Waals surface area contributed by atoms with E-state index in [9.17, 15) is 9.59 Å². The third kappa shape index (κ3) is 9.86. The van der Waals surface area contributed by atoms with E-state index in [-0.39, 0.29) is 32.0 Å². The topological polar surface area (TPSA) is 92.8 Å². The Morgan fingerprint density at radius 1 is 0.848 bits per heavy atom. The standard InChI is InChI=1S/C24H43NO8/c1-7-9-11-25(12-10-8-2)13-20(21(26)28-14-18-16-30-23(3,4)32-18)22(27)29-15-19-17-31-24(5,6)33-19/h18-20H,7-17H2,1-6H3. The number of carbonyl (C=O) groups excluding carboxylic acids is 2. The van der Waals surface area contributed by atoms with Crippen molar-refractivity contribution in [2.75, 3.05) is 46.1 Å². The first-order valence-corrected chi connectivity index (χ1v) is 12.2. The van der Waals surface area contributed by atoms with E-state index >= 15 is 0 Å². The van der Waals surface area contributed by atoms with Gasteiger partial charge in [0.2, 0.25) is 0 Å². The lowest BCUT2D eigenvalue weighted by molar-refractivity contribution is -0.173. The van der Waals surface area contributed by atoms with Crippen LogP contribution in [0.1, 0.15) is 67.2 Å². The van der Waals surface area contributed by atoms with Gasteiger partial charge in [-0.2, -0.15) is 0 Å². The zero-order chi connectivity index (χ0) is 24.5. The minimum atomic E-state index is -1.04. The molecule has 9 heteroatoms. The maximum atomic E-state index is 13.0. The van der Waals surface area contributed by atoms with Gasteiger partial charge in [0.1, 0.15) is 25.4 Å². The van der Waals surface area contributed by atoms with E-state index in [2.05, 4.69) is 18.7 Å². The summed E-state index contributed by atoms with van der Waals surface area (Å²) in [6.07, 6.45) is 3.33. The van der Waals surface area contributed by atoms with Gasteiger partial charge in [-0.1, -0.05) is 26.7 Å². The van der Waals surface area contributed by atoms with Gasteiger partial charge in [0, 0.05) is 6.54 Å². The van der Waals surface area contributed by atoms with Gasteiger partial charge < -0.3 is 33.3 Å². The lowest BCUT2D eigenvalue weighted by Gasteiger charge is -2.26. The molecule has 0 amide bonds. The molecule has 2 rings (SSSR count). The Bertz CT molecular complexity index is 574. The maximum absolute atomic E-state index is 13.0.